The van der Waals surface area contributed by atoms with Gasteiger partial charge in [-0.3, -0.25) is 4.79 Å². The lowest BCUT2D eigenvalue weighted by Crippen LogP contribution is -2.44. The number of amides is 1. The van der Waals surface area contributed by atoms with E-state index in [1.54, 1.807) is 0 Å². The molecule has 4 heteroatoms. The van der Waals surface area contributed by atoms with Gasteiger partial charge in [0.25, 0.3) is 0 Å². The highest BCUT2D eigenvalue weighted by atomic mass is 16.5. The van der Waals surface area contributed by atoms with E-state index in [0.717, 1.165) is 18.6 Å². The maximum absolute atomic E-state index is 11.9. The second-order valence-corrected chi connectivity index (χ2v) is 5.95. The number of nitrogens with one attached hydrogen (secondary N) is 1. The van der Waals surface area contributed by atoms with Crippen molar-refractivity contribution in [3.05, 3.63) is 30.3 Å². The first-order chi connectivity index (χ1) is 10.2. The maximum Gasteiger partial charge on any atom is 0.223 e. The highest BCUT2D eigenvalue weighted by Crippen LogP contribution is 2.34. The normalized spacial score (nSPS) is 17.2. The Bertz CT molecular complexity index is 428. The summed E-state index contributed by atoms with van der Waals surface area (Å²) in [6, 6.07) is 9.57. The van der Waals surface area contributed by atoms with Crippen molar-refractivity contribution in [2.24, 2.45) is 11.1 Å². The quantitative estimate of drug-likeness (QED) is 0.811. The van der Waals surface area contributed by atoms with Gasteiger partial charge in [0.2, 0.25) is 5.91 Å². The molecule has 0 radical (unpaired) electrons. The molecule has 0 unspecified atom stereocenters. The molecule has 21 heavy (non-hydrogen) atoms. The van der Waals surface area contributed by atoms with Gasteiger partial charge in [-0.05, 0) is 36.9 Å². The molecule has 116 valence electrons. The third kappa shape index (κ3) is 5.05. The van der Waals surface area contributed by atoms with Gasteiger partial charge >= 0.3 is 0 Å². The average molecular weight is 290 g/mol. The Balaban J connectivity index is 1.67. The summed E-state index contributed by atoms with van der Waals surface area (Å²) >= 11 is 0. The predicted octanol–water partition coefficient (Wildman–Crippen LogP) is 2.48. The van der Waals surface area contributed by atoms with Crippen LogP contribution >= 0.6 is 0 Å². The van der Waals surface area contributed by atoms with Crippen LogP contribution in [0.3, 0.4) is 0 Å². The fourth-order valence-electron chi connectivity index (χ4n) is 2.91. The van der Waals surface area contributed by atoms with Crippen LogP contribution < -0.4 is 15.8 Å². The van der Waals surface area contributed by atoms with Crippen LogP contribution in [-0.2, 0) is 4.79 Å². The number of carbonyl (C=O) groups is 1. The number of hydrogen-bond acceptors (Lipinski definition) is 3. The second-order valence-electron chi connectivity index (χ2n) is 5.95. The Morgan fingerprint density at radius 3 is 2.57 bits per heavy atom. The maximum atomic E-state index is 11.9. The Morgan fingerprint density at radius 1 is 1.19 bits per heavy atom. The molecule has 0 aromatic heterocycles. The van der Waals surface area contributed by atoms with Gasteiger partial charge < -0.3 is 15.8 Å². The van der Waals surface area contributed by atoms with Crippen molar-refractivity contribution in [3.63, 3.8) is 0 Å². The van der Waals surface area contributed by atoms with Gasteiger partial charge in [0.05, 0.1) is 13.0 Å². The van der Waals surface area contributed by atoms with Gasteiger partial charge in [0.1, 0.15) is 5.75 Å². The van der Waals surface area contributed by atoms with Gasteiger partial charge in [-0.25, -0.2) is 0 Å². The summed E-state index contributed by atoms with van der Waals surface area (Å²) in [5, 5.41) is 3.03. The fourth-order valence-corrected chi connectivity index (χ4v) is 2.91. The summed E-state index contributed by atoms with van der Waals surface area (Å²) in [7, 11) is 0. The van der Waals surface area contributed by atoms with Crippen molar-refractivity contribution in [2.45, 2.75) is 38.5 Å². The molecule has 1 aromatic carbocycles. The van der Waals surface area contributed by atoms with Crippen LogP contribution in [0.5, 0.6) is 5.75 Å². The predicted molar refractivity (Wildman–Crippen MR) is 84.1 cm³/mol. The molecule has 3 N–H and O–H groups in total. The third-order valence-corrected chi connectivity index (χ3v) is 4.35. The second kappa shape index (κ2) is 8.03. The Labute approximate surface area is 127 Å². The minimum Gasteiger partial charge on any atom is -0.493 e. The van der Waals surface area contributed by atoms with Gasteiger partial charge in [0, 0.05) is 6.54 Å². The highest BCUT2D eigenvalue weighted by Gasteiger charge is 2.30. The summed E-state index contributed by atoms with van der Waals surface area (Å²) < 4.78 is 5.53. The SMILES string of the molecule is NCC1(CNC(=O)CCOc2ccccc2)CCCCC1. The summed E-state index contributed by atoms with van der Waals surface area (Å²) in [6.45, 7) is 1.77. The topological polar surface area (TPSA) is 64.3 Å². The molecule has 1 aliphatic carbocycles. The lowest BCUT2D eigenvalue weighted by Gasteiger charge is -2.36. The largest absolute Gasteiger partial charge is 0.493 e. The number of ether oxygens (including phenoxy) is 1. The smallest absolute Gasteiger partial charge is 0.223 e. The molecule has 0 atom stereocenters. The highest BCUT2D eigenvalue weighted by molar-refractivity contribution is 5.76. The molecule has 1 saturated carbocycles. The van der Waals surface area contributed by atoms with E-state index in [2.05, 4.69) is 5.32 Å². The van der Waals surface area contributed by atoms with Crippen molar-refractivity contribution >= 4 is 5.91 Å². The molecule has 1 aliphatic rings. The molecular weight excluding hydrogens is 264 g/mol. The van der Waals surface area contributed by atoms with E-state index in [4.69, 9.17) is 10.5 Å². The zero-order chi connectivity index (χ0) is 15.0. The van der Waals surface area contributed by atoms with E-state index >= 15 is 0 Å². The molecule has 0 aliphatic heterocycles. The minimum atomic E-state index is 0.0457. The van der Waals surface area contributed by atoms with Crippen molar-refractivity contribution in [3.8, 4) is 5.75 Å². The molecule has 0 heterocycles. The van der Waals surface area contributed by atoms with E-state index in [-0.39, 0.29) is 11.3 Å². The summed E-state index contributed by atoms with van der Waals surface area (Å²) in [5.41, 5.74) is 6.04. The Morgan fingerprint density at radius 2 is 1.90 bits per heavy atom. The number of benzene rings is 1. The number of rotatable bonds is 7. The molecule has 0 spiro atoms. The van der Waals surface area contributed by atoms with Crippen molar-refractivity contribution in [1.82, 2.24) is 5.32 Å². The van der Waals surface area contributed by atoms with Crippen LogP contribution in [0.4, 0.5) is 0 Å². The number of hydrogen-bond donors (Lipinski definition) is 2. The number of para-hydroxylation sites is 1. The third-order valence-electron chi connectivity index (χ3n) is 4.35. The summed E-state index contributed by atoms with van der Waals surface area (Å²) in [6.07, 6.45) is 6.39. The van der Waals surface area contributed by atoms with Crippen LogP contribution in [0.25, 0.3) is 0 Å². The van der Waals surface area contributed by atoms with Crippen LogP contribution in [0.2, 0.25) is 0 Å². The standard InChI is InChI=1S/C17H26N2O2/c18-13-17(10-5-2-6-11-17)14-19-16(20)9-12-21-15-7-3-1-4-8-15/h1,3-4,7-8H,2,5-6,9-14,18H2,(H,19,20). The number of carbonyl (C=O) groups excluding carboxylic acids is 1. The van der Waals surface area contributed by atoms with Crippen LogP contribution in [0.15, 0.2) is 30.3 Å². The van der Waals surface area contributed by atoms with E-state index < -0.39 is 0 Å². The van der Waals surface area contributed by atoms with Gasteiger partial charge in [-0.15, -0.1) is 0 Å². The van der Waals surface area contributed by atoms with Crippen molar-refractivity contribution in [1.29, 1.82) is 0 Å². The van der Waals surface area contributed by atoms with Crippen molar-refractivity contribution in [2.75, 3.05) is 19.7 Å². The molecule has 4 nitrogen and oxygen atoms in total. The van der Waals surface area contributed by atoms with E-state index in [1.807, 2.05) is 30.3 Å². The first kappa shape index (κ1) is 15.8. The Kier molecular flexibility index (Phi) is 6.05. The molecule has 1 fully saturated rings. The molecule has 1 aromatic rings. The van der Waals surface area contributed by atoms with E-state index in [0.29, 0.717) is 26.1 Å². The minimum absolute atomic E-state index is 0.0457. The molecule has 0 bridgehead atoms. The van der Waals surface area contributed by atoms with Gasteiger partial charge in [-0.2, -0.15) is 0 Å². The monoisotopic (exact) mass is 290 g/mol. The van der Waals surface area contributed by atoms with Crippen LogP contribution in [0.1, 0.15) is 38.5 Å². The number of nitrogens with two attached hydrogens (primary N) is 1. The van der Waals surface area contributed by atoms with Crippen LogP contribution in [0, 0.1) is 5.41 Å². The van der Waals surface area contributed by atoms with E-state index in [9.17, 15) is 4.79 Å². The summed E-state index contributed by atoms with van der Waals surface area (Å²) in [5.74, 6) is 0.848. The average Bonchev–Trinajstić information content (AvgIpc) is 2.55. The van der Waals surface area contributed by atoms with Crippen LogP contribution in [-0.4, -0.2) is 25.6 Å². The molecule has 0 saturated heterocycles. The van der Waals surface area contributed by atoms with Gasteiger partial charge in [0.15, 0.2) is 0 Å². The Hall–Kier alpha value is -1.55. The van der Waals surface area contributed by atoms with E-state index in [1.165, 1.54) is 19.3 Å². The molecular formula is C17H26N2O2. The zero-order valence-corrected chi connectivity index (χ0v) is 12.6. The summed E-state index contributed by atoms with van der Waals surface area (Å²) in [4.78, 5) is 11.9. The lowest BCUT2D eigenvalue weighted by molar-refractivity contribution is -0.122. The van der Waals surface area contributed by atoms with Crippen molar-refractivity contribution < 1.29 is 9.53 Å². The lowest BCUT2D eigenvalue weighted by atomic mass is 9.74. The fraction of sp³-hybridized carbons (Fsp3) is 0.588. The molecule has 1 amide bonds. The van der Waals surface area contributed by atoms with Gasteiger partial charge in [-0.1, -0.05) is 37.5 Å². The zero-order valence-electron chi connectivity index (χ0n) is 12.6. The first-order valence-electron chi connectivity index (χ1n) is 7.89. The molecule has 2 rings (SSSR count). The first-order valence-corrected chi connectivity index (χ1v) is 7.89.